The molecule has 2 rings (SSSR count). The maximum Gasteiger partial charge on any atom is 0.0553 e. The smallest absolute Gasteiger partial charge is 0.0553 e. The van der Waals surface area contributed by atoms with Gasteiger partial charge in [0.25, 0.3) is 0 Å². The summed E-state index contributed by atoms with van der Waals surface area (Å²) >= 11 is 0. The predicted molar refractivity (Wildman–Crippen MR) is 75.7 cm³/mol. The van der Waals surface area contributed by atoms with E-state index >= 15 is 0 Å². The fourth-order valence-electron chi connectivity index (χ4n) is 2.95. The average Bonchev–Trinajstić information content (AvgIpc) is 3.17. The summed E-state index contributed by atoms with van der Waals surface area (Å²) in [5, 5.41) is 13.6. The number of nitrogens with zero attached hydrogens (tertiary/aromatic N) is 1. The molecule has 106 valence electrons. The van der Waals surface area contributed by atoms with Gasteiger partial charge in [-0.15, -0.1) is 0 Å². The Morgan fingerprint density at radius 2 is 2.11 bits per heavy atom. The van der Waals surface area contributed by atoms with Gasteiger partial charge in [0.05, 0.1) is 6.10 Å². The summed E-state index contributed by atoms with van der Waals surface area (Å²) in [6.45, 7) is 8.85. The van der Waals surface area contributed by atoms with Crippen LogP contribution in [0.4, 0.5) is 0 Å². The van der Waals surface area contributed by atoms with Crippen LogP contribution < -0.4 is 5.32 Å². The van der Waals surface area contributed by atoms with Crippen molar-refractivity contribution >= 4 is 0 Å². The van der Waals surface area contributed by atoms with Crippen LogP contribution in [-0.4, -0.2) is 48.3 Å². The molecule has 1 saturated carbocycles. The first kappa shape index (κ1) is 14.3. The minimum atomic E-state index is -0.167. The van der Waals surface area contributed by atoms with Gasteiger partial charge in [0, 0.05) is 19.1 Å². The van der Waals surface area contributed by atoms with Crippen molar-refractivity contribution < 1.29 is 5.11 Å². The van der Waals surface area contributed by atoms with Gasteiger partial charge in [-0.2, -0.15) is 0 Å². The third kappa shape index (κ3) is 4.52. The monoisotopic (exact) mass is 254 g/mol. The van der Waals surface area contributed by atoms with E-state index in [1.165, 1.54) is 45.3 Å². The zero-order valence-corrected chi connectivity index (χ0v) is 12.1. The van der Waals surface area contributed by atoms with E-state index in [1.807, 2.05) is 6.92 Å². The van der Waals surface area contributed by atoms with Crippen molar-refractivity contribution in [2.45, 2.75) is 58.1 Å². The first-order valence-corrected chi connectivity index (χ1v) is 7.82. The fraction of sp³-hybridized carbons (Fsp3) is 1.00. The Bertz CT molecular complexity index is 241. The summed E-state index contributed by atoms with van der Waals surface area (Å²) in [7, 11) is 0. The fourth-order valence-corrected chi connectivity index (χ4v) is 2.95. The maximum absolute atomic E-state index is 9.87. The number of nitrogens with one attached hydrogen (secondary N) is 1. The number of aliphatic hydroxyl groups is 1. The second kappa shape index (κ2) is 6.88. The summed E-state index contributed by atoms with van der Waals surface area (Å²) < 4.78 is 0. The molecule has 1 aliphatic heterocycles. The molecule has 0 aromatic rings. The predicted octanol–water partition coefficient (Wildman–Crippen LogP) is 1.86. The van der Waals surface area contributed by atoms with Gasteiger partial charge in [-0.1, -0.05) is 13.3 Å². The van der Waals surface area contributed by atoms with E-state index in [1.54, 1.807) is 0 Å². The summed E-state index contributed by atoms with van der Waals surface area (Å²) in [5.74, 6) is 1.40. The molecule has 1 aliphatic carbocycles. The molecule has 0 radical (unpaired) electrons. The average molecular weight is 254 g/mol. The number of unbranched alkanes of at least 4 members (excludes halogenated alkanes) is 1. The molecular weight excluding hydrogens is 224 g/mol. The Labute approximate surface area is 112 Å². The Morgan fingerprint density at radius 1 is 1.33 bits per heavy atom. The largest absolute Gasteiger partial charge is 0.393 e. The minimum absolute atomic E-state index is 0.167. The highest BCUT2D eigenvalue weighted by Crippen LogP contribution is 2.28. The van der Waals surface area contributed by atoms with Gasteiger partial charge in [0.1, 0.15) is 0 Å². The summed E-state index contributed by atoms with van der Waals surface area (Å²) in [6, 6.07) is 0.593. The van der Waals surface area contributed by atoms with Crippen LogP contribution in [0.25, 0.3) is 0 Å². The van der Waals surface area contributed by atoms with Gasteiger partial charge in [-0.25, -0.2) is 0 Å². The molecule has 1 saturated heterocycles. The van der Waals surface area contributed by atoms with Crippen LogP contribution in [0.3, 0.4) is 0 Å². The van der Waals surface area contributed by atoms with E-state index in [4.69, 9.17) is 0 Å². The van der Waals surface area contributed by atoms with E-state index < -0.39 is 0 Å². The first-order chi connectivity index (χ1) is 8.69. The maximum atomic E-state index is 9.87. The third-order valence-corrected chi connectivity index (χ3v) is 4.46. The molecule has 2 aliphatic rings. The molecule has 0 bridgehead atoms. The zero-order valence-electron chi connectivity index (χ0n) is 12.1. The Kier molecular flexibility index (Phi) is 5.46. The van der Waals surface area contributed by atoms with Gasteiger partial charge in [-0.3, -0.25) is 0 Å². The standard InChI is InChI=1S/C15H30N2O/c1-3-4-7-17-10-14(12(2)18)8-15(11-17)16-9-13-5-6-13/h12-16,18H,3-11H2,1-2H3. The normalized spacial score (nSPS) is 31.5. The van der Waals surface area contributed by atoms with Crippen LogP contribution in [0, 0.1) is 11.8 Å². The molecule has 0 aromatic heterocycles. The number of hydrogen-bond acceptors (Lipinski definition) is 3. The lowest BCUT2D eigenvalue weighted by atomic mass is 9.90. The number of piperidine rings is 1. The lowest BCUT2D eigenvalue weighted by molar-refractivity contribution is 0.0474. The topological polar surface area (TPSA) is 35.5 Å². The van der Waals surface area contributed by atoms with Crippen LogP contribution in [0.1, 0.15) is 46.0 Å². The molecule has 1 heterocycles. The van der Waals surface area contributed by atoms with Crippen molar-refractivity contribution in [2.75, 3.05) is 26.2 Å². The van der Waals surface area contributed by atoms with Crippen molar-refractivity contribution in [3.05, 3.63) is 0 Å². The van der Waals surface area contributed by atoms with Gasteiger partial charge in [0.2, 0.25) is 0 Å². The van der Waals surface area contributed by atoms with Gasteiger partial charge in [-0.05, 0) is 57.5 Å². The lowest BCUT2D eigenvalue weighted by Gasteiger charge is -2.39. The molecule has 3 unspecified atom stereocenters. The Morgan fingerprint density at radius 3 is 2.72 bits per heavy atom. The zero-order chi connectivity index (χ0) is 13.0. The van der Waals surface area contributed by atoms with Crippen LogP contribution in [0.15, 0.2) is 0 Å². The van der Waals surface area contributed by atoms with E-state index in [0.29, 0.717) is 12.0 Å². The molecule has 3 heteroatoms. The van der Waals surface area contributed by atoms with E-state index in [9.17, 15) is 5.11 Å². The molecule has 2 fully saturated rings. The molecule has 0 amide bonds. The molecule has 3 nitrogen and oxygen atoms in total. The molecule has 2 N–H and O–H groups in total. The third-order valence-electron chi connectivity index (χ3n) is 4.46. The number of aliphatic hydroxyl groups excluding tert-OH is 1. The summed E-state index contributed by atoms with van der Waals surface area (Å²) in [6.07, 6.45) is 6.35. The van der Waals surface area contributed by atoms with Gasteiger partial charge >= 0.3 is 0 Å². The summed E-state index contributed by atoms with van der Waals surface area (Å²) in [4.78, 5) is 2.55. The van der Waals surface area contributed by atoms with Crippen molar-refractivity contribution in [1.29, 1.82) is 0 Å². The number of likely N-dealkylation sites (tertiary alicyclic amines) is 1. The first-order valence-electron chi connectivity index (χ1n) is 7.82. The number of hydrogen-bond donors (Lipinski definition) is 2. The molecule has 0 spiro atoms. The Balaban J connectivity index is 1.79. The quantitative estimate of drug-likeness (QED) is 0.728. The van der Waals surface area contributed by atoms with Crippen LogP contribution in [0.5, 0.6) is 0 Å². The minimum Gasteiger partial charge on any atom is -0.393 e. The van der Waals surface area contributed by atoms with Crippen LogP contribution in [0.2, 0.25) is 0 Å². The lowest BCUT2D eigenvalue weighted by Crippen LogP contribution is -2.51. The van der Waals surface area contributed by atoms with Gasteiger partial charge < -0.3 is 15.3 Å². The van der Waals surface area contributed by atoms with E-state index in [0.717, 1.165) is 18.9 Å². The highest BCUT2D eigenvalue weighted by Gasteiger charge is 2.30. The van der Waals surface area contributed by atoms with Crippen molar-refractivity contribution in [3.8, 4) is 0 Å². The SMILES string of the molecule is CCCCN1CC(NCC2CC2)CC(C(C)O)C1. The van der Waals surface area contributed by atoms with Crippen molar-refractivity contribution in [2.24, 2.45) is 11.8 Å². The highest BCUT2D eigenvalue weighted by molar-refractivity contribution is 4.87. The van der Waals surface area contributed by atoms with Crippen LogP contribution >= 0.6 is 0 Å². The van der Waals surface area contributed by atoms with Crippen molar-refractivity contribution in [1.82, 2.24) is 10.2 Å². The second-order valence-electron chi connectivity index (χ2n) is 6.40. The molecule has 18 heavy (non-hydrogen) atoms. The number of rotatable bonds is 7. The molecular formula is C15H30N2O. The van der Waals surface area contributed by atoms with Crippen LogP contribution in [-0.2, 0) is 0 Å². The second-order valence-corrected chi connectivity index (χ2v) is 6.40. The Hall–Kier alpha value is -0.120. The van der Waals surface area contributed by atoms with E-state index in [2.05, 4.69) is 17.1 Å². The van der Waals surface area contributed by atoms with Crippen molar-refractivity contribution in [3.63, 3.8) is 0 Å². The highest BCUT2D eigenvalue weighted by atomic mass is 16.3. The van der Waals surface area contributed by atoms with Gasteiger partial charge in [0.15, 0.2) is 0 Å². The molecule has 3 atom stereocenters. The van der Waals surface area contributed by atoms with E-state index in [-0.39, 0.29) is 6.10 Å². The summed E-state index contributed by atoms with van der Waals surface area (Å²) in [5.41, 5.74) is 0. The molecule has 0 aromatic carbocycles.